The van der Waals surface area contributed by atoms with Crippen LogP contribution >= 0.6 is 0 Å². The van der Waals surface area contributed by atoms with Crippen LogP contribution < -0.4 is 5.73 Å². The number of benzene rings is 1. The molecule has 0 saturated heterocycles. The predicted octanol–water partition coefficient (Wildman–Crippen LogP) is 3.83. The van der Waals surface area contributed by atoms with E-state index in [9.17, 15) is 0 Å². The zero-order valence-electron chi connectivity index (χ0n) is 10.00. The van der Waals surface area contributed by atoms with Gasteiger partial charge in [0.05, 0.1) is 0 Å². The lowest BCUT2D eigenvalue weighted by atomic mass is 9.82. The molecule has 84 valence electrons. The van der Waals surface area contributed by atoms with Crippen LogP contribution in [0.4, 0.5) is 0 Å². The van der Waals surface area contributed by atoms with Gasteiger partial charge in [-0.25, -0.2) is 0 Å². The lowest BCUT2D eigenvalue weighted by molar-refractivity contribution is 0.361. The van der Waals surface area contributed by atoms with E-state index in [-0.39, 0.29) is 5.54 Å². The van der Waals surface area contributed by atoms with E-state index in [2.05, 4.69) is 44.2 Å². The van der Waals surface area contributed by atoms with Crippen LogP contribution in [0, 0.1) is 0 Å². The summed E-state index contributed by atoms with van der Waals surface area (Å²) in [5.74, 6) is 0. The topological polar surface area (TPSA) is 26.0 Å². The van der Waals surface area contributed by atoms with E-state index in [1.54, 1.807) is 0 Å². The summed E-state index contributed by atoms with van der Waals surface area (Å²) < 4.78 is 0. The maximum Gasteiger partial charge on any atom is 0.0409 e. The van der Waals surface area contributed by atoms with Crippen LogP contribution in [-0.4, -0.2) is 0 Å². The van der Waals surface area contributed by atoms with E-state index in [4.69, 9.17) is 5.73 Å². The van der Waals surface area contributed by atoms with Gasteiger partial charge < -0.3 is 5.73 Å². The summed E-state index contributed by atoms with van der Waals surface area (Å²) in [7, 11) is 0. The van der Waals surface area contributed by atoms with Crippen molar-refractivity contribution in [1.29, 1.82) is 0 Å². The molecule has 1 aromatic rings. The molecule has 1 atom stereocenters. The minimum absolute atomic E-state index is 0.105. The summed E-state index contributed by atoms with van der Waals surface area (Å²) in [6.45, 7) is 4.42. The zero-order chi connectivity index (χ0) is 11.1. The van der Waals surface area contributed by atoms with Gasteiger partial charge in [0.1, 0.15) is 0 Å². The first-order chi connectivity index (χ1) is 7.23. The van der Waals surface area contributed by atoms with Gasteiger partial charge in [0.2, 0.25) is 0 Å². The second kappa shape index (κ2) is 5.92. The first-order valence-electron chi connectivity index (χ1n) is 6.07. The largest absolute Gasteiger partial charge is 0.321 e. The Morgan fingerprint density at radius 1 is 1.00 bits per heavy atom. The van der Waals surface area contributed by atoms with E-state index in [0.29, 0.717) is 0 Å². The van der Waals surface area contributed by atoms with Crippen LogP contribution in [0.2, 0.25) is 0 Å². The number of unbranched alkanes of at least 4 members (excludes halogenated alkanes) is 1. The maximum absolute atomic E-state index is 6.52. The highest BCUT2D eigenvalue weighted by Crippen LogP contribution is 2.29. The molecular weight excluding hydrogens is 182 g/mol. The average Bonchev–Trinajstić information content (AvgIpc) is 2.28. The Kier molecular flexibility index (Phi) is 4.83. The van der Waals surface area contributed by atoms with E-state index in [0.717, 1.165) is 19.3 Å². The van der Waals surface area contributed by atoms with Crippen LogP contribution in [-0.2, 0) is 5.54 Å². The third-order valence-electron chi connectivity index (χ3n) is 3.02. The smallest absolute Gasteiger partial charge is 0.0409 e. The highest BCUT2D eigenvalue weighted by molar-refractivity contribution is 5.23. The molecule has 0 saturated carbocycles. The minimum atomic E-state index is -0.105. The maximum atomic E-state index is 6.52. The van der Waals surface area contributed by atoms with Gasteiger partial charge in [-0.15, -0.1) is 0 Å². The quantitative estimate of drug-likeness (QED) is 0.750. The van der Waals surface area contributed by atoms with Gasteiger partial charge in [-0.3, -0.25) is 0 Å². The molecule has 1 rings (SSSR count). The molecule has 1 nitrogen and oxygen atoms in total. The van der Waals surface area contributed by atoms with Crippen molar-refractivity contribution in [2.24, 2.45) is 5.73 Å². The van der Waals surface area contributed by atoms with Gasteiger partial charge in [-0.2, -0.15) is 0 Å². The molecule has 0 fully saturated rings. The molecule has 0 bridgehead atoms. The molecule has 0 amide bonds. The van der Waals surface area contributed by atoms with E-state index in [1.165, 1.54) is 18.4 Å². The summed E-state index contributed by atoms with van der Waals surface area (Å²) in [5, 5.41) is 0. The van der Waals surface area contributed by atoms with Crippen LogP contribution in [0.25, 0.3) is 0 Å². The summed E-state index contributed by atoms with van der Waals surface area (Å²) >= 11 is 0. The van der Waals surface area contributed by atoms with E-state index in [1.807, 2.05) is 0 Å². The van der Waals surface area contributed by atoms with Crippen LogP contribution in [0.3, 0.4) is 0 Å². The molecule has 0 heterocycles. The zero-order valence-corrected chi connectivity index (χ0v) is 10.00. The number of hydrogen-bond acceptors (Lipinski definition) is 1. The second-order valence-corrected chi connectivity index (χ2v) is 4.38. The Bertz CT molecular complexity index is 268. The van der Waals surface area contributed by atoms with Crippen molar-refractivity contribution >= 4 is 0 Å². The molecule has 0 aliphatic heterocycles. The third kappa shape index (κ3) is 3.35. The highest BCUT2D eigenvalue weighted by atomic mass is 14.7. The Hall–Kier alpha value is -0.820. The molecule has 0 aliphatic carbocycles. The van der Waals surface area contributed by atoms with Gasteiger partial charge in [-0.05, 0) is 18.4 Å². The minimum Gasteiger partial charge on any atom is -0.321 e. The molecule has 0 aromatic heterocycles. The third-order valence-corrected chi connectivity index (χ3v) is 3.02. The lowest BCUT2D eigenvalue weighted by Crippen LogP contribution is -2.36. The van der Waals surface area contributed by atoms with Gasteiger partial charge >= 0.3 is 0 Å². The van der Waals surface area contributed by atoms with Crippen molar-refractivity contribution in [3.63, 3.8) is 0 Å². The van der Waals surface area contributed by atoms with Crippen molar-refractivity contribution in [3.05, 3.63) is 35.9 Å². The van der Waals surface area contributed by atoms with Crippen LogP contribution in [0.15, 0.2) is 30.3 Å². The number of rotatable bonds is 6. The number of nitrogens with two attached hydrogens (primary N) is 1. The molecular formula is C14H23N. The van der Waals surface area contributed by atoms with Gasteiger partial charge in [0.15, 0.2) is 0 Å². The summed E-state index contributed by atoms with van der Waals surface area (Å²) in [4.78, 5) is 0. The first kappa shape index (κ1) is 12.3. The van der Waals surface area contributed by atoms with Crippen molar-refractivity contribution in [1.82, 2.24) is 0 Å². The fraction of sp³-hybridized carbons (Fsp3) is 0.571. The predicted molar refractivity (Wildman–Crippen MR) is 66.7 cm³/mol. The molecule has 2 N–H and O–H groups in total. The Morgan fingerprint density at radius 2 is 1.67 bits per heavy atom. The normalized spacial score (nSPS) is 14.9. The fourth-order valence-electron chi connectivity index (χ4n) is 2.12. The van der Waals surface area contributed by atoms with E-state index < -0.39 is 0 Å². The Morgan fingerprint density at radius 3 is 2.20 bits per heavy atom. The summed E-state index contributed by atoms with van der Waals surface area (Å²) in [5.41, 5.74) is 7.70. The molecule has 0 radical (unpaired) electrons. The molecule has 0 spiro atoms. The van der Waals surface area contributed by atoms with Crippen molar-refractivity contribution in [3.8, 4) is 0 Å². The molecule has 0 aliphatic rings. The number of hydrogen-bond donors (Lipinski definition) is 1. The molecule has 1 unspecified atom stereocenters. The summed E-state index contributed by atoms with van der Waals surface area (Å²) in [6.07, 6.45) is 5.76. The van der Waals surface area contributed by atoms with Gasteiger partial charge in [0, 0.05) is 5.54 Å². The van der Waals surface area contributed by atoms with Crippen molar-refractivity contribution in [2.45, 2.75) is 51.5 Å². The Balaban J connectivity index is 2.80. The Labute approximate surface area is 93.7 Å². The lowest BCUT2D eigenvalue weighted by Gasteiger charge is -2.30. The second-order valence-electron chi connectivity index (χ2n) is 4.38. The highest BCUT2D eigenvalue weighted by Gasteiger charge is 2.24. The molecule has 1 aromatic carbocycles. The van der Waals surface area contributed by atoms with Crippen molar-refractivity contribution in [2.75, 3.05) is 0 Å². The van der Waals surface area contributed by atoms with Crippen LogP contribution in [0.1, 0.15) is 51.5 Å². The molecule has 1 heteroatoms. The fourth-order valence-corrected chi connectivity index (χ4v) is 2.12. The van der Waals surface area contributed by atoms with Crippen molar-refractivity contribution < 1.29 is 0 Å². The first-order valence-corrected chi connectivity index (χ1v) is 6.07. The van der Waals surface area contributed by atoms with Crippen LogP contribution in [0.5, 0.6) is 0 Å². The average molecular weight is 205 g/mol. The SMILES string of the molecule is CCCCC(N)(CCC)c1ccccc1. The molecule has 15 heavy (non-hydrogen) atoms. The monoisotopic (exact) mass is 205 g/mol. The standard InChI is InChI=1S/C14H23N/c1-3-5-12-14(15,11-4-2)13-9-7-6-8-10-13/h6-10H,3-5,11-12,15H2,1-2H3. The van der Waals surface area contributed by atoms with E-state index >= 15 is 0 Å². The summed E-state index contributed by atoms with van der Waals surface area (Å²) in [6, 6.07) is 10.5. The van der Waals surface area contributed by atoms with Gasteiger partial charge in [0.25, 0.3) is 0 Å². The van der Waals surface area contributed by atoms with Gasteiger partial charge in [-0.1, -0.05) is 63.4 Å².